The number of aromatic nitrogens is 2. The van der Waals surface area contributed by atoms with Crippen LogP contribution in [0.15, 0.2) is 36.4 Å². The Morgan fingerprint density at radius 1 is 1.21 bits per heavy atom. The molecule has 1 aromatic heterocycles. The predicted molar refractivity (Wildman–Crippen MR) is 138 cm³/mol. The van der Waals surface area contributed by atoms with E-state index in [0.717, 1.165) is 29.8 Å². The van der Waals surface area contributed by atoms with Gasteiger partial charge in [-0.15, -0.1) is 0 Å². The van der Waals surface area contributed by atoms with Crippen LogP contribution in [0.2, 0.25) is 10.0 Å². The van der Waals surface area contributed by atoms with E-state index in [-0.39, 0.29) is 6.61 Å². The molecule has 0 radical (unpaired) electrons. The number of ether oxygens (including phenoxy) is 1. The summed E-state index contributed by atoms with van der Waals surface area (Å²) in [6, 6.07) is 10.9. The van der Waals surface area contributed by atoms with Crippen molar-refractivity contribution in [1.29, 1.82) is 0 Å². The smallest absolute Gasteiger partial charge is 0.407 e. The molecule has 0 aliphatic carbocycles. The predicted octanol–water partition coefficient (Wildman–Crippen LogP) is 5.80. The molecule has 7 nitrogen and oxygen atoms in total. The van der Waals surface area contributed by atoms with Crippen molar-refractivity contribution in [3.8, 4) is 0 Å². The number of benzene rings is 2. The summed E-state index contributed by atoms with van der Waals surface area (Å²) < 4.78 is 7.34. The van der Waals surface area contributed by atoms with Crippen LogP contribution in [0.1, 0.15) is 52.1 Å². The Morgan fingerprint density at radius 3 is 2.53 bits per heavy atom. The van der Waals surface area contributed by atoms with Crippen LogP contribution in [0.3, 0.4) is 0 Å². The van der Waals surface area contributed by atoms with E-state index >= 15 is 0 Å². The average Bonchev–Trinajstić information content (AvgIpc) is 3.12. The maximum Gasteiger partial charge on any atom is 0.407 e. The molecule has 34 heavy (non-hydrogen) atoms. The fourth-order valence-corrected chi connectivity index (χ4v) is 4.39. The maximum atomic E-state index is 12.2. The highest BCUT2D eigenvalue weighted by molar-refractivity contribution is 6.35. The molecule has 184 valence electrons. The molecule has 0 saturated heterocycles. The first-order valence-corrected chi connectivity index (χ1v) is 12.1. The van der Waals surface area contributed by atoms with Gasteiger partial charge in [0.2, 0.25) is 0 Å². The van der Waals surface area contributed by atoms with Crippen LogP contribution in [-0.4, -0.2) is 46.0 Å². The third-order valence-corrected chi connectivity index (χ3v) is 5.97. The monoisotopic (exact) mass is 506 g/mol. The van der Waals surface area contributed by atoms with Gasteiger partial charge in [0.1, 0.15) is 18.5 Å². The summed E-state index contributed by atoms with van der Waals surface area (Å²) in [5, 5.41) is 14.9. The number of nitrogens with zero attached hydrogens (tertiary/aromatic N) is 3. The van der Waals surface area contributed by atoms with Gasteiger partial charge < -0.3 is 24.6 Å². The molecule has 2 N–H and O–H groups in total. The number of aliphatic hydroxyl groups excluding tert-OH is 1. The largest absolute Gasteiger partial charge is 0.448 e. The number of alkyl carbamates (subject to hydrolysis) is 1. The fraction of sp³-hybridized carbons (Fsp3) is 0.440. The molecule has 0 bridgehead atoms. The van der Waals surface area contributed by atoms with Gasteiger partial charge in [0.15, 0.2) is 0 Å². The molecule has 0 saturated carbocycles. The Kier molecular flexibility index (Phi) is 8.34. The minimum Gasteiger partial charge on any atom is -0.448 e. The minimum absolute atomic E-state index is 0.105. The van der Waals surface area contributed by atoms with E-state index in [4.69, 9.17) is 32.9 Å². The molecule has 1 unspecified atom stereocenters. The lowest BCUT2D eigenvalue weighted by molar-refractivity contribution is 0.132. The first-order valence-electron chi connectivity index (χ1n) is 11.4. The van der Waals surface area contributed by atoms with E-state index in [2.05, 4.69) is 24.1 Å². The molecule has 9 heteroatoms. The molecular formula is C25H32Cl2N4O3. The number of hydrogen-bond donors (Lipinski definition) is 2. The zero-order valence-electron chi connectivity index (χ0n) is 20.2. The molecule has 3 rings (SSSR count). The van der Waals surface area contributed by atoms with Crippen molar-refractivity contribution in [2.45, 2.75) is 52.8 Å². The second kappa shape index (κ2) is 10.8. The number of halogens is 2. The number of hydrogen-bond acceptors (Lipinski definition) is 5. The quantitative estimate of drug-likeness (QED) is 0.403. The lowest BCUT2D eigenvalue weighted by Crippen LogP contribution is -2.41. The van der Waals surface area contributed by atoms with Gasteiger partial charge >= 0.3 is 6.09 Å². The van der Waals surface area contributed by atoms with Crippen LogP contribution in [0.4, 0.5) is 10.5 Å². The number of carbonyl (C=O) groups excluding carboxylic acids is 1. The summed E-state index contributed by atoms with van der Waals surface area (Å²) in [7, 11) is 0. The third-order valence-electron chi connectivity index (χ3n) is 5.41. The van der Waals surface area contributed by atoms with Crippen LogP contribution in [-0.2, 0) is 11.3 Å². The van der Waals surface area contributed by atoms with E-state index in [1.54, 1.807) is 18.2 Å². The summed E-state index contributed by atoms with van der Waals surface area (Å²) in [5.41, 5.74) is 2.70. The lowest BCUT2D eigenvalue weighted by Gasteiger charge is -2.24. The SMILES string of the molecule is CCN(CC)c1cccc2nc(C(O)c3ccc(Cl)cc3Cl)n(CCOC(=O)NC(C)(C)C)c12. The Hall–Kier alpha value is -2.48. The molecule has 1 amide bonds. The number of amides is 1. The summed E-state index contributed by atoms with van der Waals surface area (Å²) in [6.07, 6.45) is -1.59. The third kappa shape index (κ3) is 5.95. The molecule has 3 aromatic rings. The number of imidazole rings is 1. The van der Waals surface area contributed by atoms with E-state index in [0.29, 0.717) is 28.0 Å². The first-order chi connectivity index (χ1) is 16.1. The minimum atomic E-state index is -1.09. The topological polar surface area (TPSA) is 79.6 Å². The summed E-state index contributed by atoms with van der Waals surface area (Å²) >= 11 is 12.4. The van der Waals surface area contributed by atoms with Gasteiger partial charge in [-0.3, -0.25) is 0 Å². The average molecular weight is 507 g/mol. The van der Waals surface area contributed by atoms with E-state index in [1.807, 2.05) is 43.5 Å². The number of nitrogens with one attached hydrogen (secondary N) is 1. The van der Waals surface area contributed by atoms with Crippen molar-refractivity contribution in [2.24, 2.45) is 0 Å². The van der Waals surface area contributed by atoms with Crippen molar-refractivity contribution in [2.75, 3.05) is 24.6 Å². The molecular weight excluding hydrogens is 475 g/mol. The summed E-state index contributed by atoms with van der Waals surface area (Å²) in [6.45, 7) is 11.9. The molecule has 0 aliphatic heterocycles. The van der Waals surface area contributed by atoms with Crippen molar-refractivity contribution >= 4 is 46.0 Å². The molecule has 0 aliphatic rings. The van der Waals surface area contributed by atoms with Gasteiger partial charge in [-0.1, -0.05) is 35.3 Å². The number of carbonyl (C=O) groups is 1. The molecule has 1 atom stereocenters. The van der Waals surface area contributed by atoms with Crippen molar-refractivity contribution in [3.05, 3.63) is 57.8 Å². The standard InChI is InChI=1S/C25H32Cl2N4O3/c1-6-30(7-2)20-10-8-9-19-21(20)31(13-14-34-24(33)29-25(3,4)5)23(28-19)22(32)17-12-11-16(26)15-18(17)27/h8-12,15,22,32H,6-7,13-14H2,1-5H3,(H,29,33). The molecule has 0 spiro atoms. The summed E-state index contributed by atoms with van der Waals surface area (Å²) in [5.74, 6) is 0.415. The number of para-hydroxylation sites is 1. The zero-order valence-corrected chi connectivity index (χ0v) is 21.7. The number of rotatable bonds is 8. The normalized spacial score (nSPS) is 12.6. The van der Waals surface area contributed by atoms with Crippen LogP contribution in [0, 0.1) is 0 Å². The van der Waals surface area contributed by atoms with E-state index in [9.17, 15) is 9.90 Å². The molecule has 2 aromatic carbocycles. The van der Waals surface area contributed by atoms with Gasteiger partial charge in [-0.05, 0) is 58.9 Å². The van der Waals surface area contributed by atoms with Crippen LogP contribution < -0.4 is 10.2 Å². The Balaban J connectivity index is 2.05. The zero-order chi connectivity index (χ0) is 25.0. The fourth-order valence-electron chi connectivity index (χ4n) is 3.87. The highest BCUT2D eigenvalue weighted by Gasteiger charge is 2.25. The summed E-state index contributed by atoms with van der Waals surface area (Å²) in [4.78, 5) is 19.2. The first kappa shape index (κ1) is 26.1. The lowest BCUT2D eigenvalue weighted by atomic mass is 10.1. The van der Waals surface area contributed by atoms with Gasteiger partial charge in [0.05, 0.1) is 23.3 Å². The van der Waals surface area contributed by atoms with E-state index in [1.165, 1.54) is 0 Å². The number of fused-ring (bicyclic) bond motifs is 1. The molecule has 1 heterocycles. The Labute approximate surface area is 210 Å². The Morgan fingerprint density at radius 2 is 1.91 bits per heavy atom. The Bertz CT molecular complexity index is 1150. The van der Waals surface area contributed by atoms with Gasteiger partial charge in [0, 0.05) is 34.2 Å². The van der Waals surface area contributed by atoms with Crippen LogP contribution in [0.25, 0.3) is 11.0 Å². The highest BCUT2D eigenvalue weighted by atomic mass is 35.5. The van der Waals surface area contributed by atoms with Crippen molar-refractivity contribution in [1.82, 2.24) is 14.9 Å². The van der Waals surface area contributed by atoms with Crippen molar-refractivity contribution < 1.29 is 14.6 Å². The highest BCUT2D eigenvalue weighted by Crippen LogP contribution is 2.34. The van der Waals surface area contributed by atoms with Crippen molar-refractivity contribution in [3.63, 3.8) is 0 Å². The van der Waals surface area contributed by atoms with Gasteiger partial charge in [-0.2, -0.15) is 0 Å². The number of anilines is 1. The number of aliphatic hydroxyl groups is 1. The second-order valence-corrected chi connectivity index (χ2v) is 9.86. The van der Waals surface area contributed by atoms with Gasteiger partial charge in [-0.25, -0.2) is 9.78 Å². The second-order valence-electron chi connectivity index (χ2n) is 9.02. The van der Waals surface area contributed by atoms with Crippen LogP contribution >= 0.6 is 23.2 Å². The van der Waals surface area contributed by atoms with Crippen LogP contribution in [0.5, 0.6) is 0 Å². The maximum absolute atomic E-state index is 12.2. The van der Waals surface area contributed by atoms with E-state index < -0.39 is 17.7 Å². The van der Waals surface area contributed by atoms with Gasteiger partial charge in [0.25, 0.3) is 0 Å². The molecule has 0 fully saturated rings.